The Morgan fingerprint density at radius 2 is 1.77 bits per heavy atom. The minimum atomic E-state index is 0.803. The number of likely N-dealkylation sites (tertiary alicyclic amines) is 1. The van der Waals surface area contributed by atoms with Crippen LogP contribution in [0.2, 0.25) is 0 Å². The van der Waals surface area contributed by atoms with Crippen LogP contribution in [-0.4, -0.2) is 30.6 Å². The molecule has 76 valence electrons. The average molecular weight is 182 g/mol. The fourth-order valence-electron chi connectivity index (χ4n) is 2.75. The molecule has 0 aromatic carbocycles. The quantitative estimate of drug-likeness (QED) is 0.697. The van der Waals surface area contributed by atoms with Crippen molar-refractivity contribution < 1.29 is 0 Å². The van der Waals surface area contributed by atoms with E-state index >= 15 is 0 Å². The van der Waals surface area contributed by atoms with Gasteiger partial charge in [0.25, 0.3) is 0 Å². The maximum absolute atomic E-state index is 5.73. The lowest BCUT2D eigenvalue weighted by molar-refractivity contribution is 0.0835. The molecular formula is C11H22N2. The van der Waals surface area contributed by atoms with E-state index in [4.69, 9.17) is 5.73 Å². The van der Waals surface area contributed by atoms with Gasteiger partial charge >= 0.3 is 0 Å². The van der Waals surface area contributed by atoms with Crippen LogP contribution in [0.15, 0.2) is 0 Å². The second-order valence-electron chi connectivity index (χ2n) is 5.05. The van der Waals surface area contributed by atoms with E-state index in [0.29, 0.717) is 0 Å². The zero-order chi connectivity index (χ0) is 9.42. The van der Waals surface area contributed by atoms with Gasteiger partial charge in [0, 0.05) is 19.1 Å². The largest absolute Gasteiger partial charge is 0.330 e. The van der Waals surface area contributed by atoms with Crippen molar-refractivity contribution in [2.24, 2.45) is 23.5 Å². The standard InChI is InChI=1S/C11H22N2/c1-8-6-13(7-9(8)2)11-4-3-10(11)5-12/h8-11H,3-7,12H2,1-2H3. The van der Waals surface area contributed by atoms with Crippen molar-refractivity contribution in [2.45, 2.75) is 32.7 Å². The van der Waals surface area contributed by atoms with Gasteiger partial charge in [-0.15, -0.1) is 0 Å². The smallest absolute Gasteiger partial charge is 0.0136 e. The van der Waals surface area contributed by atoms with Crippen LogP contribution in [0.4, 0.5) is 0 Å². The van der Waals surface area contributed by atoms with E-state index in [2.05, 4.69) is 18.7 Å². The number of nitrogens with two attached hydrogens (primary N) is 1. The molecule has 1 aliphatic heterocycles. The van der Waals surface area contributed by atoms with Crippen molar-refractivity contribution in [1.82, 2.24) is 4.90 Å². The molecule has 2 N–H and O–H groups in total. The van der Waals surface area contributed by atoms with Crippen LogP contribution >= 0.6 is 0 Å². The Morgan fingerprint density at radius 1 is 1.15 bits per heavy atom. The first-order valence-corrected chi connectivity index (χ1v) is 5.66. The predicted molar refractivity (Wildman–Crippen MR) is 55.5 cm³/mol. The van der Waals surface area contributed by atoms with Gasteiger partial charge in [0.2, 0.25) is 0 Å². The molecule has 0 spiro atoms. The van der Waals surface area contributed by atoms with Gasteiger partial charge in [-0.3, -0.25) is 4.90 Å². The van der Waals surface area contributed by atoms with E-state index in [0.717, 1.165) is 30.3 Å². The fraction of sp³-hybridized carbons (Fsp3) is 1.00. The molecule has 0 aromatic rings. The summed E-state index contributed by atoms with van der Waals surface area (Å²) in [6.07, 6.45) is 2.75. The minimum Gasteiger partial charge on any atom is -0.330 e. The van der Waals surface area contributed by atoms with Crippen molar-refractivity contribution in [3.05, 3.63) is 0 Å². The van der Waals surface area contributed by atoms with Crippen molar-refractivity contribution in [1.29, 1.82) is 0 Å². The molecule has 1 heterocycles. The normalized spacial score (nSPS) is 46.4. The van der Waals surface area contributed by atoms with Crippen LogP contribution in [0.1, 0.15) is 26.7 Å². The summed E-state index contributed by atoms with van der Waals surface area (Å²) in [6, 6.07) is 0.831. The van der Waals surface area contributed by atoms with Crippen molar-refractivity contribution in [3.8, 4) is 0 Å². The Kier molecular flexibility index (Phi) is 2.61. The number of rotatable bonds is 2. The highest BCUT2D eigenvalue weighted by Gasteiger charge is 2.38. The Labute approximate surface area is 81.5 Å². The molecule has 2 heteroatoms. The first-order chi connectivity index (χ1) is 6.22. The summed E-state index contributed by atoms with van der Waals surface area (Å²) in [5, 5.41) is 0. The summed E-state index contributed by atoms with van der Waals surface area (Å²) < 4.78 is 0. The van der Waals surface area contributed by atoms with Crippen LogP contribution in [0.25, 0.3) is 0 Å². The van der Waals surface area contributed by atoms with E-state index < -0.39 is 0 Å². The third kappa shape index (κ3) is 1.62. The molecular weight excluding hydrogens is 160 g/mol. The van der Waals surface area contributed by atoms with Gasteiger partial charge in [-0.05, 0) is 37.1 Å². The maximum atomic E-state index is 5.73. The van der Waals surface area contributed by atoms with E-state index in [1.807, 2.05) is 0 Å². The van der Waals surface area contributed by atoms with Crippen LogP contribution in [0, 0.1) is 17.8 Å². The van der Waals surface area contributed by atoms with Gasteiger partial charge in [0.05, 0.1) is 0 Å². The van der Waals surface area contributed by atoms with Crippen molar-refractivity contribution in [2.75, 3.05) is 19.6 Å². The van der Waals surface area contributed by atoms with Gasteiger partial charge < -0.3 is 5.73 Å². The van der Waals surface area contributed by atoms with E-state index in [-0.39, 0.29) is 0 Å². The predicted octanol–water partition coefficient (Wildman–Crippen LogP) is 1.31. The Balaban J connectivity index is 1.89. The molecule has 2 fully saturated rings. The zero-order valence-electron chi connectivity index (χ0n) is 8.87. The Morgan fingerprint density at radius 3 is 2.15 bits per heavy atom. The van der Waals surface area contributed by atoms with Gasteiger partial charge in [0.15, 0.2) is 0 Å². The number of nitrogens with zero attached hydrogens (tertiary/aromatic N) is 1. The molecule has 1 aliphatic carbocycles. The molecule has 2 aliphatic rings. The molecule has 2 nitrogen and oxygen atoms in total. The lowest BCUT2D eigenvalue weighted by atomic mass is 9.78. The zero-order valence-corrected chi connectivity index (χ0v) is 8.87. The summed E-state index contributed by atoms with van der Waals surface area (Å²) in [4.78, 5) is 2.68. The molecule has 4 unspecified atom stereocenters. The molecule has 13 heavy (non-hydrogen) atoms. The fourth-order valence-corrected chi connectivity index (χ4v) is 2.75. The van der Waals surface area contributed by atoms with Gasteiger partial charge in [-0.1, -0.05) is 13.8 Å². The summed E-state index contributed by atoms with van der Waals surface area (Å²) >= 11 is 0. The van der Waals surface area contributed by atoms with E-state index in [1.165, 1.54) is 25.9 Å². The first-order valence-electron chi connectivity index (χ1n) is 5.66. The molecule has 0 aromatic heterocycles. The van der Waals surface area contributed by atoms with Crippen LogP contribution in [0.5, 0.6) is 0 Å². The summed E-state index contributed by atoms with van der Waals surface area (Å²) in [5.41, 5.74) is 5.73. The van der Waals surface area contributed by atoms with Gasteiger partial charge in [-0.25, -0.2) is 0 Å². The number of hydrogen-bond donors (Lipinski definition) is 1. The monoisotopic (exact) mass is 182 g/mol. The third-order valence-corrected chi connectivity index (χ3v) is 4.17. The van der Waals surface area contributed by atoms with Crippen LogP contribution in [0.3, 0.4) is 0 Å². The second-order valence-corrected chi connectivity index (χ2v) is 5.05. The van der Waals surface area contributed by atoms with E-state index in [1.54, 1.807) is 0 Å². The minimum absolute atomic E-state index is 0.803. The van der Waals surface area contributed by atoms with Crippen LogP contribution < -0.4 is 5.73 Å². The SMILES string of the molecule is CC1CN(C2CCC2CN)CC1C. The highest BCUT2D eigenvalue weighted by molar-refractivity contribution is 4.93. The van der Waals surface area contributed by atoms with Crippen molar-refractivity contribution >= 4 is 0 Å². The van der Waals surface area contributed by atoms with Crippen molar-refractivity contribution in [3.63, 3.8) is 0 Å². The molecule has 1 saturated heterocycles. The lowest BCUT2D eigenvalue weighted by Gasteiger charge is -2.42. The highest BCUT2D eigenvalue weighted by atomic mass is 15.2. The average Bonchev–Trinajstić information content (AvgIpc) is 2.30. The second kappa shape index (κ2) is 3.58. The Hall–Kier alpha value is -0.0800. The summed E-state index contributed by atoms with van der Waals surface area (Å²) in [5.74, 6) is 2.58. The Bertz CT molecular complexity index is 169. The maximum Gasteiger partial charge on any atom is 0.0136 e. The molecule has 4 atom stereocenters. The topological polar surface area (TPSA) is 29.3 Å². The lowest BCUT2D eigenvalue weighted by Crippen LogP contribution is -2.48. The molecule has 2 rings (SSSR count). The van der Waals surface area contributed by atoms with Gasteiger partial charge in [-0.2, -0.15) is 0 Å². The van der Waals surface area contributed by atoms with Crippen LogP contribution in [-0.2, 0) is 0 Å². The first kappa shape index (κ1) is 9.47. The third-order valence-electron chi connectivity index (χ3n) is 4.17. The summed E-state index contributed by atoms with van der Waals surface area (Å²) in [7, 11) is 0. The highest BCUT2D eigenvalue weighted by Crippen LogP contribution is 2.35. The number of hydrogen-bond acceptors (Lipinski definition) is 2. The summed E-state index contributed by atoms with van der Waals surface area (Å²) in [6.45, 7) is 8.26. The van der Waals surface area contributed by atoms with E-state index in [9.17, 15) is 0 Å². The molecule has 1 saturated carbocycles. The van der Waals surface area contributed by atoms with Gasteiger partial charge in [0.1, 0.15) is 0 Å². The molecule has 0 radical (unpaired) electrons. The molecule has 0 amide bonds. The molecule has 0 bridgehead atoms.